The second kappa shape index (κ2) is 17.2. The van der Waals surface area contributed by atoms with Gasteiger partial charge in [0.2, 0.25) is 0 Å². The normalized spacial score (nSPS) is 10.7. The van der Waals surface area contributed by atoms with E-state index in [0.717, 1.165) is 0 Å². The Morgan fingerprint density at radius 1 is 0.750 bits per heavy atom. The average molecular weight is 933 g/mol. The summed E-state index contributed by atoms with van der Waals surface area (Å²) in [5, 5.41) is 58.7. The first kappa shape index (κ1) is 35.6. The van der Waals surface area contributed by atoms with Crippen molar-refractivity contribution in [1.82, 2.24) is 19.8 Å². The second-order valence-electron chi connectivity index (χ2n) is 7.92. The molecule has 2 aromatic heterocycles. The first-order valence-electron chi connectivity index (χ1n) is 10.5. The van der Waals surface area contributed by atoms with Crippen LogP contribution in [0.3, 0.4) is 0 Å². The quantitative estimate of drug-likeness (QED) is 0.158. The van der Waals surface area contributed by atoms with E-state index in [9.17, 15) is 40.2 Å². The van der Waals surface area contributed by atoms with Crippen LogP contribution in [-0.2, 0) is 35.9 Å². The summed E-state index contributed by atoms with van der Waals surface area (Å²) in [6, 6.07) is 0. The third-order valence-electron chi connectivity index (χ3n) is 5.41. The third kappa shape index (κ3) is 10.4. The van der Waals surface area contributed by atoms with Crippen LogP contribution in [0.4, 0.5) is 0 Å². The number of hydrogen-bond acceptors (Lipinski definition) is 10. The molecule has 0 saturated carbocycles. The predicted molar refractivity (Wildman–Crippen MR) is 119 cm³/mol. The van der Waals surface area contributed by atoms with Crippen molar-refractivity contribution in [3.05, 3.63) is 46.0 Å². The van der Waals surface area contributed by atoms with E-state index in [-0.39, 0.29) is 126 Å². The van der Waals surface area contributed by atoms with Gasteiger partial charge in [-0.3, -0.25) is 29.4 Å². The van der Waals surface area contributed by atoms with Gasteiger partial charge in [0.1, 0.15) is 11.5 Å². The van der Waals surface area contributed by atoms with Crippen molar-refractivity contribution < 1.29 is 128 Å². The molecule has 0 atom stereocenters. The van der Waals surface area contributed by atoms with Gasteiger partial charge in [0.05, 0.1) is 37.7 Å². The molecule has 192 valence electrons. The minimum atomic E-state index is -1.12. The minimum Gasteiger partial charge on any atom is -0.506 e. The number of carboxylic acids is 2. The van der Waals surface area contributed by atoms with Gasteiger partial charge in [0.25, 0.3) is 0 Å². The molecule has 12 nitrogen and oxygen atoms in total. The smallest absolute Gasteiger partial charge is 0.317 e. The topological polar surface area (TPSA) is 188 Å². The molecule has 0 amide bonds. The summed E-state index contributed by atoms with van der Waals surface area (Å²) < 4.78 is 0. The maximum atomic E-state index is 11.4. The molecule has 36 heavy (non-hydrogen) atoms. The number of carboxylic acid groups (broad SMARTS) is 2. The van der Waals surface area contributed by atoms with Gasteiger partial charge in [-0.05, 0) is 13.8 Å². The molecule has 14 heteroatoms. The van der Waals surface area contributed by atoms with Crippen molar-refractivity contribution in [1.29, 1.82) is 0 Å². The van der Waals surface area contributed by atoms with Crippen molar-refractivity contribution >= 4 is 11.9 Å². The number of aliphatic carboxylic acids is 2. The molecular weight excluding hydrogens is 902 g/mol. The Bertz CT molecular complexity index is 960. The Morgan fingerprint density at radius 3 is 1.36 bits per heavy atom. The van der Waals surface area contributed by atoms with Crippen LogP contribution < -0.4 is 0 Å². The van der Waals surface area contributed by atoms with Crippen LogP contribution in [-0.4, -0.2) is 88.5 Å². The van der Waals surface area contributed by atoms with E-state index in [2.05, 4.69) is 9.97 Å². The van der Waals surface area contributed by atoms with Crippen LogP contribution in [0.15, 0.2) is 12.4 Å². The molecule has 0 aliphatic rings. The van der Waals surface area contributed by atoms with Crippen molar-refractivity contribution in [2.75, 3.05) is 26.2 Å². The molecule has 2 radical (unpaired) electrons. The number of aliphatic hydroxyl groups is 2. The Balaban J connectivity index is 0.00000612. The summed E-state index contributed by atoms with van der Waals surface area (Å²) in [5.41, 5.74) is 2.04. The van der Waals surface area contributed by atoms with E-state index in [1.54, 1.807) is 13.8 Å². The number of aromatic nitrogens is 2. The molecule has 2 rings (SSSR count). The summed E-state index contributed by atoms with van der Waals surface area (Å²) in [4.78, 5) is 33.9. The molecule has 0 fully saturated rings. The van der Waals surface area contributed by atoms with Crippen LogP contribution >= 0.6 is 0 Å². The molecule has 0 saturated heterocycles. The Morgan fingerprint density at radius 2 is 1.08 bits per heavy atom. The number of aryl methyl sites for hydroxylation is 2. The zero-order valence-electron chi connectivity index (χ0n) is 20.3. The standard InChI is InChI=1S/C22H30N4O8.2Ac/c1-13-21(33)17(15(11-27)5-23-13)7-25(9-19(29)30)3-4-26(10-20(31)32)8-18-16(12-28)6-24-14(2)22(18)34;;/h5-6,27-28,33-34H,3-4,7-12H2,1-2H3,(H,29,30)(H,31,32);;. The Labute approximate surface area is 280 Å². The van der Waals surface area contributed by atoms with Crippen LogP contribution in [0.25, 0.3) is 0 Å². The van der Waals surface area contributed by atoms with Crippen LogP contribution in [0.1, 0.15) is 33.6 Å². The molecule has 6 N–H and O–H groups in total. The number of carbonyl (C=O) groups is 2. The first-order valence-corrected chi connectivity index (χ1v) is 10.5. The van der Waals surface area contributed by atoms with Gasteiger partial charge in [-0.1, -0.05) is 0 Å². The van der Waals surface area contributed by atoms with Crippen LogP contribution in [0.5, 0.6) is 11.5 Å². The minimum absolute atomic E-state index is 0. The number of aromatic hydroxyl groups is 2. The molecule has 0 aromatic carbocycles. The summed E-state index contributed by atoms with van der Waals surface area (Å²) in [7, 11) is 0. The maximum absolute atomic E-state index is 11.4. The zero-order chi connectivity index (χ0) is 25.4. The number of nitrogens with zero attached hydrogens (tertiary/aromatic N) is 4. The van der Waals surface area contributed by atoms with Gasteiger partial charge in [0, 0.05) is 149 Å². The molecule has 0 aliphatic carbocycles. The number of aliphatic hydroxyl groups excluding tert-OH is 2. The monoisotopic (exact) mass is 932 g/mol. The number of rotatable bonds is 13. The zero-order valence-corrected chi connectivity index (χ0v) is 29.7. The Kier molecular flexibility index (Phi) is 17.0. The summed E-state index contributed by atoms with van der Waals surface area (Å²) >= 11 is 0. The van der Waals surface area contributed by atoms with Crippen LogP contribution in [0, 0.1) is 102 Å². The second-order valence-corrected chi connectivity index (χ2v) is 7.92. The Hall–Kier alpha value is -0.437. The van der Waals surface area contributed by atoms with Gasteiger partial charge in [-0.25, -0.2) is 0 Å². The van der Waals surface area contributed by atoms with Gasteiger partial charge < -0.3 is 30.6 Å². The fourth-order valence-corrected chi connectivity index (χ4v) is 3.53. The van der Waals surface area contributed by atoms with Gasteiger partial charge >= 0.3 is 11.9 Å². The SMILES string of the molecule is Cc1ncc(CO)c(CN(CCN(CC(=O)O)Cc2c(CO)cnc(C)c2O)CC(=O)O)c1O.[Ac].[Ac]. The first-order chi connectivity index (χ1) is 16.1. The molecule has 0 bridgehead atoms. The molecule has 0 spiro atoms. The maximum Gasteiger partial charge on any atom is 0.317 e. The summed E-state index contributed by atoms with van der Waals surface area (Å²) in [6.07, 6.45) is 2.82. The molecular formula is C22H30Ac2N4O8. The fourth-order valence-electron chi connectivity index (χ4n) is 3.53. The van der Waals surface area contributed by atoms with Crippen molar-refractivity contribution in [2.24, 2.45) is 0 Å². The average Bonchev–Trinajstić information content (AvgIpc) is 2.77. The fraction of sp³-hybridized carbons (Fsp3) is 0.455. The van der Waals surface area contributed by atoms with E-state index in [1.165, 1.54) is 22.2 Å². The van der Waals surface area contributed by atoms with Gasteiger partial charge in [0.15, 0.2) is 0 Å². The molecule has 0 aliphatic heterocycles. The number of hydrogen-bond donors (Lipinski definition) is 6. The van der Waals surface area contributed by atoms with E-state index >= 15 is 0 Å². The van der Waals surface area contributed by atoms with Gasteiger partial charge in [-0.2, -0.15) is 0 Å². The van der Waals surface area contributed by atoms with E-state index in [0.29, 0.717) is 33.6 Å². The van der Waals surface area contributed by atoms with Crippen molar-refractivity contribution in [3.8, 4) is 11.5 Å². The third-order valence-corrected chi connectivity index (χ3v) is 5.41. The van der Waals surface area contributed by atoms with Crippen molar-refractivity contribution in [3.63, 3.8) is 0 Å². The van der Waals surface area contributed by atoms with Crippen molar-refractivity contribution in [2.45, 2.75) is 40.2 Å². The number of pyridine rings is 2. The molecule has 2 aromatic rings. The summed E-state index contributed by atoms with van der Waals surface area (Å²) in [5.74, 6) is -2.53. The largest absolute Gasteiger partial charge is 0.506 e. The molecule has 0 unspecified atom stereocenters. The molecule has 2 heterocycles. The summed E-state index contributed by atoms with van der Waals surface area (Å²) in [6.45, 7) is 1.76. The van der Waals surface area contributed by atoms with E-state index in [1.807, 2.05) is 0 Å². The van der Waals surface area contributed by atoms with Gasteiger partial charge in [-0.15, -0.1) is 0 Å². The van der Waals surface area contributed by atoms with E-state index in [4.69, 9.17) is 0 Å². The predicted octanol–water partition coefficient (Wildman–Crippen LogP) is -0.0374. The van der Waals surface area contributed by atoms with Crippen LogP contribution in [0.2, 0.25) is 0 Å². The van der Waals surface area contributed by atoms with E-state index < -0.39 is 38.2 Å².